The van der Waals surface area contributed by atoms with E-state index in [1.165, 1.54) is 11.1 Å². The first kappa shape index (κ1) is 7.33. The lowest BCUT2D eigenvalue weighted by Crippen LogP contribution is -1.89. The molecule has 0 aromatic heterocycles. The largest absolute Gasteiger partial charge is 0.0620 e. The van der Waals surface area contributed by atoms with Crippen LogP contribution in [-0.4, -0.2) is 0 Å². The highest BCUT2D eigenvalue weighted by molar-refractivity contribution is 5.27. The highest BCUT2D eigenvalue weighted by atomic mass is 14.0. The summed E-state index contributed by atoms with van der Waals surface area (Å²) in [4.78, 5) is 0. The second-order valence-corrected chi connectivity index (χ2v) is 3.01. The quantitative estimate of drug-likeness (QED) is 0.553. The molecule has 10 heavy (non-hydrogen) atoms. The lowest BCUT2D eigenvalue weighted by atomic mass is 9.99. The molecule has 1 aromatic rings. The minimum absolute atomic E-state index is 0.654. The summed E-state index contributed by atoms with van der Waals surface area (Å²) < 4.78 is 0. The molecule has 0 atom stereocenters. The fourth-order valence-electron chi connectivity index (χ4n) is 1.23. The predicted molar refractivity (Wildman–Crippen MR) is 45.3 cm³/mol. The molecule has 0 spiro atoms. The molecular weight excluding hydrogens is 120 g/mol. The SMILES string of the molecule is Cc1ccccc1C(C)C. The van der Waals surface area contributed by atoms with Gasteiger partial charge in [-0.15, -0.1) is 0 Å². The van der Waals surface area contributed by atoms with Crippen LogP contribution in [0.15, 0.2) is 24.3 Å². The van der Waals surface area contributed by atoms with Crippen LogP contribution in [0.4, 0.5) is 0 Å². The van der Waals surface area contributed by atoms with Crippen molar-refractivity contribution in [3.8, 4) is 0 Å². The van der Waals surface area contributed by atoms with E-state index in [-0.39, 0.29) is 0 Å². The highest BCUT2D eigenvalue weighted by Gasteiger charge is 1.99. The molecule has 1 aromatic carbocycles. The highest BCUT2D eigenvalue weighted by Crippen LogP contribution is 2.17. The van der Waals surface area contributed by atoms with Crippen LogP contribution >= 0.6 is 0 Å². The summed E-state index contributed by atoms with van der Waals surface area (Å²) in [6.45, 7) is 6.61. The van der Waals surface area contributed by atoms with Crippen molar-refractivity contribution in [2.24, 2.45) is 0 Å². The first-order valence-electron chi connectivity index (χ1n) is 3.77. The van der Waals surface area contributed by atoms with E-state index in [1.54, 1.807) is 0 Å². The third-order valence-electron chi connectivity index (χ3n) is 1.81. The third kappa shape index (κ3) is 1.38. The first-order chi connectivity index (χ1) is 4.72. The molecule has 0 heterocycles. The smallest absolute Gasteiger partial charge is 0.0216 e. The van der Waals surface area contributed by atoms with Gasteiger partial charge < -0.3 is 0 Å². The van der Waals surface area contributed by atoms with Gasteiger partial charge in [-0.25, -0.2) is 0 Å². The second-order valence-electron chi connectivity index (χ2n) is 3.01. The number of aryl methyl sites for hydroxylation is 1. The van der Waals surface area contributed by atoms with E-state index in [0.717, 1.165) is 0 Å². The zero-order valence-corrected chi connectivity index (χ0v) is 6.89. The van der Waals surface area contributed by atoms with Crippen molar-refractivity contribution in [1.29, 1.82) is 0 Å². The lowest BCUT2D eigenvalue weighted by molar-refractivity contribution is 0.856. The molecule has 0 saturated heterocycles. The summed E-state index contributed by atoms with van der Waals surface area (Å²) >= 11 is 0. The number of rotatable bonds is 1. The summed E-state index contributed by atoms with van der Waals surface area (Å²) in [7, 11) is 0. The Morgan fingerprint density at radius 1 is 1.10 bits per heavy atom. The monoisotopic (exact) mass is 134 g/mol. The van der Waals surface area contributed by atoms with Gasteiger partial charge in [-0.1, -0.05) is 38.1 Å². The molecule has 0 aliphatic heterocycles. The van der Waals surface area contributed by atoms with Crippen molar-refractivity contribution in [1.82, 2.24) is 0 Å². The number of benzene rings is 1. The Bertz CT molecular complexity index is 211. The molecule has 0 radical (unpaired) electrons. The third-order valence-corrected chi connectivity index (χ3v) is 1.81. The maximum atomic E-state index is 2.22. The van der Waals surface area contributed by atoms with E-state index in [9.17, 15) is 0 Å². The zero-order valence-electron chi connectivity index (χ0n) is 6.89. The van der Waals surface area contributed by atoms with E-state index in [2.05, 4.69) is 45.0 Å². The van der Waals surface area contributed by atoms with E-state index in [0.29, 0.717) is 5.92 Å². The summed E-state index contributed by atoms with van der Waals surface area (Å²) in [6.07, 6.45) is 0. The zero-order chi connectivity index (χ0) is 7.56. The summed E-state index contributed by atoms with van der Waals surface area (Å²) in [5, 5.41) is 0. The van der Waals surface area contributed by atoms with Gasteiger partial charge in [-0.2, -0.15) is 0 Å². The maximum Gasteiger partial charge on any atom is -0.0216 e. The molecule has 0 N–H and O–H groups in total. The Labute approximate surface area is 62.9 Å². The summed E-state index contributed by atoms with van der Waals surface area (Å²) in [5.41, 5.74) is 2.86. The molecule has 0 heteroatoms. The van der Waals surface area contributed by atoms with Gasteiger partial charge in [0.15, 0.2) is 0 Å². The molecule has 0 unspecified atom stereocenters. The van der Waals surface area contributed by atoms with Crippen LogP contribution in [0, 0.1) is 6.92 Å². The van der Waals surface area contributed by atoms with Crippen LogP contribution in [0.25, 0.3) is 0 Å². The normalized spacial score (nSPS) is 10.4. The average Bonchev–Trinajstić information content (AvgIpc) is 1.88. The van der Waals surface area contributed by atoms with E-state index in [4.69, 9.17) is 0 Å². The molecular formula is C10H14. The van der Waals surface area contributed by atoms with E-state index < -0.39 is 0 Å². The molecule has 54 valence electrons. The predicted octanol–water partition coefficient (Wildman–Crippen LogP) is 3.12. The molecule has 1 rings (SSSR count). The fourth-order valence-corrected chi connectivity index (χ4v) is 1.23. The van der Waals surface area contributed by atoms with Crippen LogP contribution in [0.2, 0.25) is 0 Å². The van der Waals surface area contributed by atoms with Crippen LogP contribution in [0.3, 0.4) is 0 Å². The van der Waals surface area contributed by atoms with Gasteiger partial charge >= 0.3 is 0 Å². The van der Waals surface area contributed by atoms with Crippen LogP contribution in [0.5, 0.6) is 0 Å². The van der Waals surface area contributed by atoms with Crippen molar-refractivity contribution >= 4 is 0 Å². The van der Waals surface area contributed by atoms with E-state index in [1.807, 2.05) is 0 Å². The minimum atomic E-state index is 0.654. The summed E-state index contributed by atoms with van der Waals surface area (Å²) in [5.74, 6) is 0.654. The van der Waals surface area contributed by atoms with Gasteiger partial charge in [0, 0.05) is 0 Å². The van der Waals surface area contributed by atoms with Gasteiger partial charge in [0.25, 0.3) is 0 Å². The average molecular weight is 134 g/mol. The fraction of sp³-hybridized carbons (Fsp3) is 0.400. The molecule has 0 amide bonds. The number of hydrogen-bond donors (Lipinski definition) is 0. The molecule has 0 aliphatic rings. The van der Waals surface area contributed by atoms with Gasteiger partial charge in [-0.05, 0) is 24.0 Å². The van der Waals surface area contributed by atoms with Gasteiger partial charge in [0.1, 0.15) is 0 Å². The lowest BCUT2D eigenvalue weighted by Gasteiger charge is -2.07. The van der Waals surface area contributed by atoms with Crippen LogP contribution in [0.1, 0.15) is 30.9 Å². The Hall–Kier alpha value is -0.780. The Morgan fingerprint density at radius 2 is 1.70 bits per heavy atom. The molecule has 0 bridgehead atoms. The molecule has 0 fully saturated rings. The van der Waals surface area contributed by atoms with Gasteiger partial charge in [0.2, 0.25) is 0 Å². The number of hydrogen-bond acceptors (Lipinski definition) is 0. The van der Waals surface area contributed by atoms with Crippen LogP contribution < -0.4 is 0 Å². The Balaban J connectivity index is 3.03. The Morgan fingerprint density at radius 3 is 2.10 bits per heavy atom. The topological polar surface area (TPSA) is 0 Å². The van der Waals surface area contributed by atoms with Crippen molar-refractivity contribution in [3.63, 3.8) is 0 Å². The summed E-state index contributed by atoms with van der Waals surface area (Å²) in [6, 6.07) is 8.54. The van der Waals surface area contributed by atoms with Gasteiger partial charge in [-0.3, -0.25) is 0 Å². The van der Waals surface area contributed by atoms with Crippen molar-refractivity contribution in [2.75, 3.05) is 0 Å². The second kappa shape index (κ2) is 2.87. The maximum absolute atomic E-state index is 2.22. The van der Waals surface area contributed by atoms with E-state index >= 15 is 0 Å². The van der Waals surface area contributed by atoms with Crippen LogP contribution in [-0.2, 0) is 0 Å². The minimum Gasteiger partial charge on any atom is -0.0620 e. The first-order valence-corrected chi connectivity index (χ1v) is 3.77. The molecule has 0 saturated carbocycles. The standard InChI is InChI=1S/C10H14/c1-8(2)10-7-5-4-6-9(10)3/h4-8H,1-3H3. The van der Waals surface area contributed by atoms with Crippen molar-refractivity contribution in [3.05, 3.63) is 35.4 Å². The van der Waals surface area contributed by atoms with Crippen molar-refractivity contribution in [2.45, 2.75) is 26.7 Å². The van der Waals surface area contributed by atoms with Gasteiger partial charge in [0.05, 0.1) is 0 Å². The molecule has 0 nitrogen and oxygen atoms in total. The van der Waals surface area contributed by atoms with Crippen molar-refractivity contribution < 1.29 is 0 Å². The molecule has 0 aliphatic carbocycles. The Kier molecular flexibility index (Phi) is 2.10.